The van der Waals surface area contributed by atoms with E-state index in [9.17, 15) is 0 Å². The third kappa shape index (κ3) is 5.28. The molecule has 88 valence electrons. The molecule has 1 aromatic rings. The van der Waals surface area contributed by atoms with Crippen LogP contribution >= 0.6 is 0 Å². The first-order valence-electron chi connectivity index (χ1n) is 5.73. The van der Waals surface area contributed by atoms with Gasteiger partial charge in [0.05, 0.1) is 0 Å². The van der Waals surface area contributed by atoms with Crippen molar-refractivity contribution in [2.24, 2.45) is 0 Å². The van der Waals surface area contributed by atoms with Gasteiger partial charge in [-0.05, 0) is 39.4 Å². The fraction of sp³-hybridized carbons (Fsp3) is 0.429. The molecule has 0 heterocycles. The molecule has 0 spiro atoms. The SMILES string of the molecule is CC(C)(C)O[Si](C)(C)/C=C/c1ccccc1. The zero-order valence-electron chi connectivity index (χ0n) is 10.9. The number of hydrogen-bond acceptors (Lipinski definition) is 1. The highest BCUT2D eigenvalue weighted by Crippen LogP contribution is 2.18. The fourth-order valence-electron chi connectivity index (χ4n) is 1.68. The van der Waals surface area contributed by atoms with Crippen LogP contribution in [0.2, 0.25) is 13.1 Å². The first-order valence-corrected chi connectivity index (χ1v) is 8.72. The van der Waals surface area contributed by atoms with E-state index in [4.69, 9.17) is 4.43 Å². The molecule has 0 amide bonds. The van der Waals surface area contributed by atoms with Crippen molar-refractivity contribution in [1.29, 1.82) is 0 Å². The van der Waals surface area contributed by atoms with Gasteiger partial charge in [0.25, 0.3) is 0 Å². The quantitative estimate of drug-likeness (QED) is 0.710. The first-order chi connectivity index (χ1) is 7.29. The number of hydrogen-bond donors (Lipinski definition) is 0. The second kappa shape index (κ2) is 4.98. The van der Waals surface area contributed by atoms with Crippen molar-refractivity contribution in [2.75, 3.05) is 0 Å². The summed E-state index contributed by atoms with van der Waals surface area (Å²) in [6, 6.07) is 10.4. The molecular weight excluding hydrogens is 212 g/mol. The second-order valence-electron chi connectivity index (χ2n) is 5.56. The van der Waals surface area contributed by atoms with Crippen LogP contribution in [-0.4, -0.2) is 13.9 Å². The molecule has 0 aliphatic heterocycles. The molecule has 0 atom stereocenters. The van der Waals surface area contributed by atoms with Gasteiger partial charge in [-0.15, -0.1) is 0 Å². The molecule has 0 saturated heterocycles. The topological polar surface area (TPSA) is 9.23 Å². The molecular formula is C14H22OSi. The molecule has 16 heavy (non-hydrogen) atoms. The Labute approximate surface area is 100 Å². The molecule has 1 rings (SSSR count). The summed E-state index contributed by atoms with van der Waals surface area (Å²) < 4.78 is 6.10. The van der Waals surface area contributed by atoms with E-state index in [1.165, 1.54) is 5.56 Å². The lowest BCUT2D eigenvalue weighted by atomic mass is 10.2. The maximum Gasteiger partial charge on any atom is 0.211 e. The van der Waals surface area contributed by atoms with Crippen molar-refractivity contribution in [3.63, 3.8) is 0 Å². The Hall–Kier alpha value is -0.863. The van der Waals surface area contributed by atoms with Crippen LogP contribution in [-0.2, 0) is 4.43 Å². The molecule has 0 aromatic heterocycles. The predicted molar refractivity (Wildman–Crippen MR) is 73.8 cm³/mol. The average molecular weight is 234 g/mol. The Morgan fingerprint density at radius 1 is 1.06 bits per heavy atom. The highest BCUT2D eigenvalue weighted by atomic mass is 28.4. The average Bonchev–Trinajstić information content (AvgIpc) is 2.13. The van der Waals surface area contributed by atoms with Gasteiger partial charge in [-0.3, -0.25) is 0 Å². The first kappa shape index (κ1) is 13.2. The normalized spacial score (nSPS) is 13.3. The van der Waals surface area contributed by atoms with E-state index in [2.05, 4.69) is 69.9 Å². The van der Waals surface area contributed by atoms with Crippen LogP contribution in [0.1, 0.15) is 26.3 Å². The van der Waals surface area contributed by atoms with E-state index in [0.717, 1.165) is 0 Å². The van der Waals surface area contributed by atoms with Gasteiger partial charge >= 0.3 is 0 Å². The molecule has 0 aliphatic rings. The summed E-state index contributed by atoms with van der Waals surface area (Å²) >= 11 is 0. The molecule has 0 fully saturated rings. The summed E-state index contributed by atoms with van der Waals surface area (Å²) in [4.78, 5) is 0. The van der Waals surface area contributed by atoms with Gasteiger partial charge in [0.2, 0.25) is 8.32 Å². The minimum atomic E-state index is -1.70. The van der Waals surface area contributed by atoms with Crippen LogP contribution in [0.3, 0.4) is 0 Å². The van der Waals surface area contributed by atoms with Gasteiger partial charge in [0, 0.05) is 5.60 Å². The Morgan fingerprint density at radius 2 is 1.62 bits per heavy atom. The molecule has 1 nitrogen and oxygen atoms in total. The lowest BCUT2D eigenvalue weighted by Gasteiger charge is -2.30. The van der Waals surface area contributed by atoms with E-state index in [1.807, 2.05) is 6.07 Å². The Bertz CT molecular complexity index is 347. The lowest BCUT2D eigenvalue weighted by Crippen LogP contribution is -2.37. The summed E-state index contributed by atoms with van der Waals surface area (Å²) in [6.45, 7) is 10.8. The maximum atomic E-state index is 6.10. The van der Waals surface area contributed by atoms with E-state index in [1.54, 1.807) is 0 Å². The molecule has 0 radical (unpaired) electrons. The molecule has 0 saturated carbocycles. The number of rotatable bonds is 3. The monoisotopic (exact) mass is 234 g/mol. The van der Waals surface area contributed by atoms with Crippen LogP contribution < -0.4 is 0 Å². The Morgan fingerprint density at radius 3 is 2.12 bits per heavy atom. The third-order valence-electron chi connectivity index (χ3n) is 2.05. The van der Waals surface area contributed by atoms with Crippen LogP contribution in [0.25, 0.3) is 6.08 Å². The summed E-state index contributed by atoms with van der Waals surface area (Å²) in [5.41, 5.74) is 3.42. The molecule has 0 N–H and O–H groups in total. The minimum Gasteiger partial charge on any atom is -0.409 e. The van der Waals surface area contributed by atoms with Crippen molar-refractivity contribution in [2.45, 2.75) is 39.5 Å². The largest absolute Gasteiger partial charge is 0.409 e. The Balaban J connectivity index is 2.69. The Kier molecular flexibility index (Phi) is 4.11. The van der Waals surface area contributed by atoms with Crippen molar-refractivity contribution >= 4 is 14.4 Å². The fourth-order valence-corrected chi connectivity index (χ4v) is 3.92. The second-order valence-corrected chi connectivity index (χ2v) is 9.31. The standard InChI is InChI=1S/C14H22OSi/c1-14(2,3)15-16(4,5)12-11-13-9-7-6-8-10-13/h6-12H,1-5H3/b12-11+. The van der Waals surface area contributed by atoms with Crippen LogP contribution in [0, 0.1) is 0 Å². The predicted octanol–water partition coefficient (Wildman–Crippen LogP) is 4.26. The molecule has 0 bridgehead atoms. The molecule has 0 aliphatic carbocycles. The van der Waals surface area contributed by atoms with Crippen molar-refractivity contribution < 1.29 is 4.43 Å². The van der Waals surface area contributed by atoms with Crippen molar-refractivity contribution in [3.05, 3.63) is 41.6 Å². The van der Waals surface area contributed by atoms with E-state index >= 15 is 0 Å². The van der Waals surface area contributed by atoms with Crippen LogP contribution in [0.15, 0.2) is 36.0 Å². The van der Waals surface area contributed by atoms with Gasteiger partial charge in [-0.1, -0.05) is 42.1 Å². The minimum absolute atomic E-state index is 0.0588. The van der Waals surface area contributed by atoms with Gasteiger partial charge in [-0.2, -0.15) is 0 Å². The van der Waals surface area contributed by atoms with Crippen molar-refractivity contribution in [1.82, 2.24) is 0 Å². The zero-order chi connectivity index (χ0) is 12.2. The van der Waals surface area contributed by atoms with Crippen LogP contribution in [0.5, 0.6) is 0 Å². The summed E-state index contributed by atoms with van der Waals surface area (Å²) in [5.74, 6) is 0. The smallest absolute Gasteiger partial charge is 0.211 e. The lowest BCUT2D eigenvalue weighted by molar-refractivity contribution is 0.124. The highest BCUT2D eigenvalue weighted by Gasteiger charge is 2.25. The van der Waals surface area contributed by atoms with Crippen molar-refractivity contribution in [3.8, 4) is 0 Å². The van der Waals surface area contributed by atoms with E-state index in [0.29, 0.717) is 0 Å². The number of benzene rings is 1. The summed E-state index contributed by atoms with van der Waals surface area (Å²) in [5, 5.41) is 0. The molecule has 2 heteroatoms. The van der Waals surface area contributed by atoms with Gasteiger partial charge in [-0.25, -0.2) is 0 Å². The third-order valence-corrected chi connectivity index (χ3v) is 4.15. The van der Waals surface area contributed by atoms with Crippen LogP contribution in [0.4, 0.5) is 0 Å². The highest BCUT2D eigenvalue weighted by molar-refractivity contribution is 6.76. The molecule has 0 unspecified atom stereocenters. The summed E-state index contributed by atoms with van der Waals surface area (Å²) in [6.07, 6.45) is 2.16. The van der Waals surface area contributed by atoms with Gasteiger partial charge in [0.15, 0.2) is 0 Å². The molecule has 1 aromatic carbocycles. The zero-order valence-corrected chi connectivity index (χ0v) is 11.9. The maximum absolute atomic E-state index is 6.10. The van der Waals surface area contributed by atoms with E-state index < -0.39 is 8.32 Å². The van der Waals surface area contributed by atoms with Gasteiger partial charge < -0.3 is 4.43 Å². The van der Waals surface area contributed by atoms with E-state index in [-0.39, 0.29) is 5.60 Å². The van der Waals surface area contributed by atoms with Gasteiger partial charge in [0.1, 0.15) is 0 Å². The summed E-state index contributed by atoms with van der Waals surface area (Å²) in [7, 11) is -1.70.